The Morgan fingerprint density at radius 2 is 2.24 bits per heavy atom. The van der Waals surface area contributed by atoms with Gasteiger partial charge in [-0.2, -0.15) is 0 Å². The lowest BCUT2D eigenvalue weighted by molar-refractivity contribution is -0.117. The molecule has 2 aliphatic heterocycles. The third-order valence-electron chi connectivity index (χ3n) is 5.00. The van der Waals surface area contributed by atoms with E-state index in [0.717, 1.165) is 25.9 Å². The Hall–Kier alpha value is -1.34. The van der Waals surface area contributed by atoms with E-state index in [4.69, 9.17) is 4.74 Å². The quantitative estimate of drug-likeness (QED) is 0.886. The number of carbonyl (C=O) groups is 1. The van der Waals surface area contributed by atoms with Gasteiger partial charge in [-0.15, -0.1) is 11.3 Å². The van der Waals surface area contributed by atoms with E-state index in [1.54, 1.807) is 28.0 Å². The van der Waals surface area contributed by atoms with Crippen molar-refractivity contribution in [1.29, 1.82) is 0 Å². The highest BCUT2D eigenvalue weighted by Crippen LogP contribution is 2.42. The number of rotatable bonds is 3. The van der Waals surface area contributed by atoms with Crippen LogP contribution in [0, 0.1) is 0 Å². The molecule has 2 unspecified atom stereocenters. The van der Waals surface area contributed by atoms with Crippen molar-refractivity contribution in [2.24, 2.45) is 0 Å². The third-order valence-corrected chi connectivity index (χ3v) is 7.07. The predicted molar refractivity (Wildman–Crippen MR) is 101 cm³/mol. The molecule has 132 valence electrons. The summed E-state index contributed by atoms with van der Waals surface area (Å²) in [4.78, 5) is 14.7. The van der Waals surface area contributed by atoms with E-state index >= 15 is 0 Å². The van der Waals surface area contributed by atoms with Crippen molar-refractivity contribution >= 4 is 34.7 Å². The number of fused-ring (bicyclic) bond motifs is 1. The lowest BCUT2D eigenvalue weighted by Crippen LogP contribution is -2.37. The Balaban J connectivity index is 1.52. The summed E-state index contributed by atoms with van der Waals surface area (Å²) < 4.78 is 6.72. The van der Waals surface area contributed by atoms with Crippen LogP contribution in [0.2, 0.25) is 0 Å². The lowest BCUT2D eigenvalue weighted by Gasteiger charge is -2.35. The number of likely N-dealkylation sites (N-methyl/N-ethyl adjacent to an activating group) is 1. The van der Waals surface area contributed by atoms with E-state index in [2.05, 4.69) is 23.6 Å². The summed E-state index contributed by atoms with van der Waals surface area (Å²) in [6.45, 7) is 2.61. The number of nitrogens with zero attached hydrogens (tertiary/aromatic N) is 1. The number of thiophene rings is 1. The summed E-state index contributed by atoms with van der Waals surface area (Å²) in [7, 11) is 1.82. The maximum absolute atomic E-state index is 11.8. The fourth-order valence-electron chi connectivity index (χ4n) is 3.57. The zero-order valence-corrected chi connectivity index (χ0v) is 16.0. The van der Waals surface area contributed by atoms with Gasteiger partial charge in [0.2, 0.25) is 5.91 Å². The summed E-state index contributed by atoms with van der Waals surface area (Å²) in [6, 6.07) is 8.28. The van der Waals surface area contributed by atoms with Gasteiger partial charge in [0.25, 0.3) is 0 Å². The van der Waals surface area contributed by atoms with Crippen molar-refractivity contribution in [1.82, 2.24) is 0 Å². The van der Waals surface area contributed by atoms with Crippen LogP contribution >= 0.6 is 23.1 Å². The van der Waals surface area contributed by atoms with Gasteiger partial charge in [-0.05, 0) is 47.7 Å². The van der Waals surface area contributed by atoms with Crippen LogP contribution in [0.15, 0.2) is 38.8 Å². The average molecular weight is 376 g/mol. The number of benzene rings is 1. The molecule has 6 heteroatoms. The van der Waals surface area contributed by atoms with Gasteiger partial charge in [-0.1, -0.05) is 11.8 Å². The molecule has 0 radical (unpaired) electrons. The Labute approximate surface area is 155 Å². The molecule has 4 nitrogen and oxygen atoms in total. The molecule has 0 spiro atoms. The zero-order valence-electron chi connectivity index (χ0n) is 14.3. The van der Waals surface area contributed by atoms with Crippen molar-refractivity contribution in [2.75, 3.05) is 18.6 Å². The highest BCUT2D eigenvalue weighted by atomic mass is 32.2. The Morgan fingerprint density at radius 3 is 3.04 bits per heavy atom. The number of anilines is 1. The van der Waals surface area contributed by atoms with Crippen molar-refractivity contribution in [3.8, 4) is 0 Å². The fraction of sp³-hybridized carbons (Fsp3) is 0.421. The van der Waals surface area contributed by atoms with Crippen LogP contribution in [-0.2, 0) is 21.6 Å². The number of hydrogen-bond acceptors (Lipinski definition) is 5. The monoisotopic (exact) mass is 375 g/mol. The molecule has 4 rings (SSSR count). The molecule has 25 heavy (non-hydrogen) atoms. The minimum absolute atomic E-state index is 0.0843. The van der Waals surface area contributed by atoms with Crippen LogP contribution in [0.1, 0.15) is 30.9 Å². The Bertz CT molecular complexity index is 819. The van der Waals surface area contributed by atoms with Gasteiger partial charge in [0.15, 0.2) is 0 Å². The van der Waals surface area contributed by atoms with Crippen LogP contribution in [0.25, 0.3) is 0 Å². The second-order valence-corrected chi connectivity index (χ2v) is 9.13. The summed E-state index contributed by atoms with van der Waals surface area (Å²) >= 11 is 3.34. The predicted octanol–water partition coefficient (Wildman–Crippen LogP) is 3.80. The van der Waals surface area contributed by atoms with E-state index in [9.17, 15) is 9.90 Å². The van der Waals surface area contributed by atoms with Crippen LogP contribution < -0.4 is 4.90 Å². The first-order valence-corrected chi connectivity index (χ1v) is 10.1. The number of hydrogen-bond donors (Lipinski definition) is 1. The second kappa shape index (κ2) is 6.43. The normalized spacial score (nSPS) is 26.1. The van der Waals surface area contributed by atoms with Crippen LogP contribution in [0.4, 0.5) is 5.69 Å². The van der Waals surface area contributed by atoms with Gasteiger partial charge in [-0.25, -0.2) is 0 Å². The van der Waals surface area contributed by atoms with Gasteiger partial charge in [0, 0.05) is 30.5 Å². The molecule has 2 atom stereocenters. The molecule has 1 saturated heterocycles. The van der Waals surface area contributed by atoms with Gasteiger partial charge in [0.05, 0.1) is 28.9 Å². The molecular formula is C19H21NO3S2. The van der Waals surface area contributed by atoms with Gasteiger partial charge >= 0.3 is 0 Å². The van der Waals surface area contributed by atoms with Crippen LogP contribution in [-0.4, -0.2) is 30.8 Å². The first kappa shape index (κ1) is 17.1. The van der Waals surface area contributed by atoms with E-state index in [0.29, 0.717) is 25.9 Å². The third kappa shape index (κ3) is 3.24. The molecule has 0 aliphatic carbocycles. The van der Waals surface area contributed by atoms with E-state index in [-0.39, 0.29) is 12.0 Å². The van der Waals surface area contributed by atoms with Crippen LogP contribution in [0.3, 0.4) is 0 Å². The maximum Gasteiger partial charge on any atom is 0.231 e. The average Bonchev–Trinajstić information content (AvgIpc) is 3.13. The van der Waals surface area contributed by atoms with Crippen molar-refractivity contribution < 1.29 is 14.6 Å². The van der Waals surface area contributed by atoms with E-state index in [1.807, 2.05) is 20.0 Å². The number of ether oxygens (including phenoxy) is 1. The first-order valence-electron chi connectivity index (χ1n) is 8.45. The molecule has 2 aromatic rings. The van der Waals surface area contributed by atoms with Gasteiger partial charge in [0.1, 0.15) is 0 Å². The molecule has 2 aliphatic rings. The molecule has 1 fully saturated rings. The van der Waals surface area contributed by atoms with Crippen LogP contribution in [0.5, 0.6) is 0 Å². The van der Waals surface area contributed by atoms with E-state index < -0.39 is 5.60 Å². The molecular weight excluding hydrogens is 354 g/mol. The zero-order chi connectivity index (χ0) is 17.6. The Morgan fingerprint density at radius 1 is 1.40 bits per heavy atom. The van der Waals surface area contributed by atoms with Crippen molar-refractivity contribution in [3.05, 3.63) is 40.8 Å². The summed E-state index contributed by atoms with van der Waals surface area (Å²) in [5, 5.41) is 13.0. The Kier molecular flexibility index (Phi) is 4.40. The number of aliphatic hydroxyl groups is 1. The summed E-state index contributed by atoms with van der Waals surface area (Å²) in [5.74, 6) is 0.145. The van der Waals surface area contributed by atoms with Gasteiger partial charge in [-0.3, -0.25) is 4.79 Å². The number of amides is 1. The topological polar surface area (TPSA) is 49.8 Å². The molecule has 1 amide bonds. The minimum Gasteiger partial charge on any atom is -0.385 e. The molecule has 3 heterocycles. The fourth-order valence-corrected chi connectivity index (χ4v) is 5.67. The molecule has 1 aromatic heterocycles. The highest BCUT2D eigenvalue weighted by Gasteiger charge is 2.35. The highest BCUT2D eigenvalue weighted by molar-refractivity contribution is 8.01. The number of carbonyl (C=O) groups excluding carboxylic acids is 1. The molecule has 0 bridgehead atoms. The van der Waals surface area contributed by atoms with Crippen molar-refractivity contribution in [2.45, 2.75) is 47.0 Å². The molecule has 1 N–H and O–H groups in total. The molecule has 0 saturated carbocycles. The smallest absolute Gasteiger partial charge is 0.231 e. The largest absolute Gasteiger partial charge is 0.385 e. The standard InChI is InChI=1S/C19H21NO3S2/c1-12-10-19(22,5-6-23-12)14-9-18(24-11-14)25-15-3-4-16-13(7-15)8-17(21)20(16)2/h3-4,7,9,11-12,22H,5-6,8,10H2,1-2H3. The first-order chi connectivity index (χ1) is 11.9. The molecule has 1 aromatic carbocycles. The van der Waals surface area contributed by atoms with Crippen molar-refractivity contribution in [3.63, 3.8) is 0 Å². The van der Waals surface area contributed by atoms with Gasteiger partial charge < -0.3 is 14.7 Å². The van der Waals surface area contributed by atoms with E-state index in [1.165, 1.54) is 0 Å². The summed E-state index contributed by atoms with van der Waals surface area (Å²) in [6.07, 6.45) is 1.85. The lowest BCUT2D eigenvalue weighted by atomic mass is 9.86. The maximum atomic E-state index is 11.8. The summed E-state index contributed by atoms with van der Waals surface area (Å²) in [5.41, 5.74) is 2.31. The minimum atomic E-state index is -0.778. The SMILES string of the molecule is CC1CC(O)(c2csc(Sc3ccc4c(c3)CC(=O)N4C)c2)CCO1. The second-order valence-electron chi connectivity index (χ2n) is 6.84.